The van der Waals surface area contributed by atoms with Crippen molar-refractivity contribution in [2.45, 2.75) is 6.04 Å². The molecule has 0 aliphatic rings. The van der Waals surface area contributed by atoms with Crippen LogP contribution < -0.4 is 15.5 Å². The molecule has 0 bridgehead atoms. The first-order chi connectivity index (χ1) is 13.6. The monoisotopic (exact) mass is 373 g/mol. The van der Waals surface area contributed by atoms with Crippen molar-refractivity contribution in [1.82, 2.24) is 5.32 Å². The minimum absolute atomic E-state index is 0.0349. The van der Waals surface area contributed by atoms with Crippen molar-refractivity contribution in [3.63, 3.8) is 0 Å². The molecule has 0 fully saturated rings. The van der Waals surface area contributed by atoms with Gasteiger partial charge in [-0.05, 0) is 29.8 Å². The molecule has 3 aromatic rings. The third kappa shape index (κ3) is 5.05. The molecule has 1 atom stereocenters. The molecule has 0 radical (unpaired) electrons. The van der Waals surface area contributed by atoms with Crippen molar-refractivity contribution in [3.05, 3.63) is 96.6 Å². The normalized spacial score (nSPS) is 11.5. The largest absolute Gasteiger partial charge is 0.324 e. The molecule has 0 aromatic heterocycles. The molecule has 142 valence electrons. The first kappa shape index (κ1) is 19.3. The Morgan fingerprint density at radius 3 is 1.96 bits per heavy atom. The lowest BCUT2D eigenvalue weighted by atomic mass is 10.1. The van der Waals surface area contributed by atoms with Crippen LogP contribution in [0.4, 0.5) is 11.4 Å². The maximum Gasteiger partial charge on any atom is 0.246 e. The summed E-state index contributed by atoms with van der Waals surface area (Å²) in [5.74, 6) is -0.341. The molecule has 3 aromatic carbocycles. The van der Waals surface area contributed by atoms with Gasteiger partial charge in [0.25, 0.3) is 0 Å². The van der Waals surface area contributed by atoms with E-state index in [2.05, 4.69) is 10.6 Å². The first-order valence-electron chi connectivity index (χ1n) is 9.11. The van der Waals surface area contributed by atoms with Crippen LogP contribution in [0.1, 0.15) is 11.6 Å². The summed E-state index contributed by atoms with van der Waals surface area (Å²) >= 11 is 0. The second-order valence-corrected chi connectivity index (χ2v) is 6.37. The SMILES string of the molecule is CN(C(=O)CNC(C(=O)Nc1ccccc1)c1ccccc1)c1ccccc1. The summed E-state index contributed by atoms with van der Waals surface area (Å²) in [6, 6.07) is 27.4. The maximum atomic E-state index is 12.9. The molecule has 5 heteroatoms. The second-order valence-electron chi connectivity index (χ2n) is 6.37. The third-order valence-corrected chi connectivity index (χ3v) is 4.41. The van der Waals surface area contributed by atoms with Gasteiger partial charge in [-0.2, -0.15) is 0 Å². The zero-order chi connectivity index (χ0) is 19.8. The second kappa shape index (κ2) is 9.48. The molecule has 0 aliphatic carbocycles. The highest BCUT2D eigenvalue weighted by Gasteiger charge is 2.22. The molecule has 28 heavy (non-hydrogen) atoms. The highest BCUT2D eigenvalue weighted by Crippen LogP contribution is 2.17. The first-order valence-corrected chi connectivity index (χ1v) is 9.11. The van der Waals surface area contributed by atoms with Crippen molar-refractivity contribution in [3.8, 4) is 0 Å². The molecule has 0 saturated carbocycles. The van der Waals surface area contributed by atoms with Crippen LogP contribution in [-0.4, -0.2) is 25.4 Å². The fourth-order valence-electron chi connectivity index (χ4n) is 2.85. The number of amides is 2. The van der Waals surface area contributed by atoms with E-state index in [1.54, 1.807) is 11.9 Å². The van der Waals surface area contributed by atoms with E-state index in [9.17, 15) is 9.59 Å². The number of likely N-dealkylation sites (N-methyl/N-ethyl adjacent to an activating group) is 1. The van der Waals surface area contributed by atoms with Crippen LogP contribution in [-0.2, 0) is 9.59 Å². The smallest absolute Gasteiger partial charge is 0.246 e. The summed E-state index contributed by atoms with van der Waals surface area (Å²) in [7, 11) is 1.72. The van der Waals surface area contributed by atoms with E-state index in [1.165, 1.54) is 0 Å². The number of hydrogen-bond acceptors (Lipinski definition) is 3. The molecule has 0 spiro atoms. The van der Waals surface area contributed by atoms with E-state index in [1.807, 2.05) is 91.0 Å². The fourth-order valence-corrected chi connectivity index (χ4v) is 2.85. The number of carbonyl (C=O) groups is 2. The summed E-state index contributed by atoms with van der Waals surface area (Å²) in [5, 5.41) is 6.00. The van der Waals surface area contributed by atoms with Gasteiger partial charge in [0.1, 0.15) is 6.04 Å². The van der Waals surface area contributed by atoms with E-state index < -0.39 is 6.04 Å². The van der Waals surface area contributed by atoms with Gasteiger partial charge in [0, 0.05) is 18.4 Å². The molecule has 0 heterocycles. The summed E-state index contributed by atoms with van der Waals surface area (Å²) in [6.07, 6.45) is 0. The predicted octanol–water partition coefficient (Wildman–Crippen LogP) is 3.62. The highest BCUT2D eigenvalue weighted by atomic mass is 16.2. The third-order valence-electron chi connectivity index (χ3n) is 4.41. The van der Waals surface area contributed by atoms with Gasteiger partial charge >= 0.3 is 0 Å². The van der Waals surface area contributed by atoms with Gasteiger partial charge in [-0.1, -0.05) is 66.7 Å². The molecule has 0 saturated heterocycles. The number of nitrogens with one attached hydrogen (secondary N) is 2. The average Bonchev–Trinajstić information content (AvgIpc) is 2.75. The quantitative estimate of drug-likeness (QED) is 0.665. The standard InChI is InChI=1S/C23H23N3O2/c1-26(20-15-9-4-10-16-20)21(27)17-24-22(18-11-5-2-6-12-18)23(28)25-19-13-7-3-8-14-19/h2-16,22,24H,17H2,1H3,(H,25,28). The number of carbonyl (C=O) groups excluding carboxylic acids is 2. The molecule has 1 unspecified atom stereocenters. The molecule has 2 amide bonds. The van der Waals surface area contributed by atoms with Crippen LogP contribution in [0.25, 0.3) is 0 Å². The maximum absolute atomic E-state index is 12.9. The summed E-state index contributed by atoms with van der Waals surface area (Å²) < 4.78 is 0. The van der Waals surface area contributed by atoms with Crippen LogP contribution in [0.3, 0.4) is 0 Å². The molecule has 5 nitrogen and oxygen atoms in total. The van der Waals surface area contributed by atoms with Gasteiger partial charge in [-0.3, -0.25) is 14.9 Å². The zero-order valence-corrected chi connectivity index (χ0v) is 15.7. The number of rotatable bonds is 7. The highest BCUT2D eigenvalue weighted by molar-refractivity contribution is 5.97. The Balaban J connectivity index is 1.71. The molecule has 2 N–H and O–H groups in total. The molecule has 3 rings (SSSR count). The van der Waals surface area contributed by atoms with Gasteiger partial charge in [0.2, 0.25) is 11.8 Å². The van der Waals surface area contributed by atoms with Crippen molar-refractivity contribution >= 4 is 23.2 Å². The summed E-state index contributed by atoms with van der Waals surface area (Å²) in [6.45, 7) is 0.0349. The van der Waals surface area contributed by atoms with Gasteiger partial charge in [-0.15, -0.1) is 0 Å². The van der Waals surface area contributed by atoms with Crippen molar-refractivity contribution in [2.24, 2.45) is 0 Å². The summed E-state index contributed by atoms with van der Waals surface area (Å²) in [4.78, 5) is 27.0. The van der Waals surface area contributed by atoms with Gasteiger partial charge in [0.15, 0.2) is 0 Å². The average molecular weight is 373 g/mol. The van der Waals surface area contributed by atoms with Crippen LogP contribution in [0.15, 0.2) is 91.0 Å². The van der Waals surface area contributed by atoms with E-state index in [-0.39, 0.29) is 18.4 Å². The lowest BCUT2D eigenvalue weighted by Gasteiger charge is -2.22. The zero-order valence-electron chi connectivity index (χ0n) is 15.7. The predicted molar refractivity (Wildman–Crippen MR) is 112 cm³/mol. The number of benzene rings is 3. The van der Waals surface area contributed by atoms with Crippen LogP contribution in [0, 0.1) is 0 Å². The lowest BCUT2D eigenvalue weighted by Crippen LogP contribution is -2.40. The van der Waals surface area contributed by atoms with Crippen LogP contribution >= 0.6 is 0 Å². The van der Waals surface area contributed by atoms with Gasteiger partial charge in [0.05, 0.1) is 6.54 Å². The number of para-hydroxylation sites is 2. The Hall–Kier alpha value is -3.44. The van der Waals surface area contributed by atoms with E-state index in [0.29, 0.717) is 5.69 Å². The Bertz CT molecular complexity index is 899. The molecular weight excluding hydrogens is 350 g/mol. The van der Waals surface area contributed by atoms with Crippen molar-refractivity contribution < 1.29 is 9.59 Å². The summed E-state index contributed by atoms with van der Waals surface area (Å²) in [5.41, 5.74) is 2.31. The Kier molecular flexibility index (Phi) is 6.54. The minimum Gasteiger partial charge on any atom is -0.324 e. The topological polar surface area (TPSA) is 61.4 Å². The minimum atomic E-state index is -0.644. The Morgan fingerprint density at radius 2 is 1.36 bits per heavy atom. The fraction of sp³-hybridized carbons (Fsp3) is 0.130. The molecular formula is C23H23N3O2. The van der Waals surface area contributed by atoms with Gasteiger partial charge < -0.3 is 10.2 Å². The Morgan fingerprint density at radius 1 is 0.821 bits per heavy atom. The van der Waals surface area contributed by atoms with Crippen molar-refractivity contribution in [1.29, 1.82) is 0 Å². The number of hydrogen-bond donors (Lipinski definition) is 2. The van der Waals surface area contributed by atoms with E-state index in [4.69, 9.17) is 0 Å². The van der Waals surface area contributed by atoms with Crippen LogP contribution in [0.2, 0.25) is 0 Å². The number of anilines is 2. The number of nitrogens with zero attached hydrogens (tertiary/aromatic N) is 1. The molecule has 0 aliphatic heterocycles. The van der Waals surface area contributed by atoms with Gasteiger partial charge in [-0.25, -0.2) is 0 Å². The van der Waals surface area contributed by atoms with Crippen molar-refractivity contribution in [2.75, 3.05) is 23.8 Å². The lowest BCUT2D eigenvalue weighted by molar-refractivity contribution is -0.119. The Labute approximate surface area is 165 Å². The van der Waals surface area contributed by atoms with E-state index in [0.717, 1.165) is 11.3 Å². The van der Waals surface area contributed by atoms with Crippen LogP contribution in [0.5, 0.6) is 0 Å². The van der Waals surface area contributed by atoms with E-state index >= 15 is 0 Å².